The molecule has 0 saturated heterocycles. The molecular formula is C9H12N6OS. The molecule has 0 aliphatic carbocycles. The average Bonchev–Trinajstić information content (AvgIpc) is 2.97. The standard InChI is InChI=1S/C9H12N6OS/c1-2-7(9-10-3-4-17-9)12-8(16)5-15-6-11-13-14-15/h3-4,6-7H,2,5H2,1H3,(H,12,16)/t7-/m0/s1. The van der Waals surface area contributed by atoms with Gasteiger partial charge in [-0.2, -0.15) is 0 Å². The van der Waals surface area contributed by atoms with Gasteiger partial charge in [0, 0.05) is 11.6 Å². The molecular weight excluding hydrogens is 240 g/mol. The van der Waals surface area contributed by atoms with E-state index < -0.39 is 0 Å². The fourth-order valence-corrected chi connectivity index (χ4v) is 2.16. The molecule has 0 bridgehead atoms. The number of hydrogen-bond donors (Lipinski definition) is 1. The van der Waals surface area contributed by atoms with Crippen LogP contribution >= 0.6 is 11.3 Å². The zero-order chi connectivity index (χ0) is 12.1. The fraction of sp³-hybridized carbons (Fsp3) is 0.444. The Hall–Kier alpha value is -1.83. The molecule has 2 aromatic rings. The zero-order valence-electron chi connectivity index (χ0n) is 9.28. The summed E-state index contributed by atoms with van der Waals surface area (Å²) in [6.45, 7) is 2.12. The molecule has 0 fully saturated rings. The largest absolute Gasteiger partial charge is 0.345 e. The van der Waals surface area contributed by atoms with E-state index in [1.165, 1.54) is 22.3 Å². The summed E-state index contributed by atoms with van der Waals surface area (Å²) in [7, 11) is 0. The summed E-state index contributed by atoms with van der Waals surface area (Å²) < 4.78 is 1.38. The van der Waals surface area contributed by atoms with Crippen LogP contribution in [0.3, 0.4) is 0 Å². The summed E-state index contributed by atoms with van der Waals surface area (Å²) in [5.41, 5.74) is 0. The monoisotopic (exact) mass is 252 g/mol. The van der Waals surface area contributed by atoms with Gasteiger partial charge in [-0.05, 0) is 16.8 Å². The number of thiazole rings is 1. The highest BCUT2D eigenvalue weighted by Crippen LogP contribution is 2.18. The molecule has 2 aromatic heterocycles. The van der Waals surface area contributed by atoms with Crippen LogP contribution in [0.2, 0.25) is 0 Å². The van der Waals surface area contributed by atoms with Gasteiger partial charge in [-0.25, -0.2) is 9.67 Å². The van der Waals surface area contributed by atoms with E-state index in [0.717, 1.165) is 11.4 Å². The van der Waals surface area contributed by atoms with Crippen molar-refractivity contribution in [3.63, 3.8) is 0 Å². The van der Waals surface area contributed by atoms with Gasteiger partial charge in [0.25, 0.3) is 0 Å². The van der Waals surface area contributed by atoms with Crippen LogP contribution in [0.1, 0.15) is 24.4 Å². The normalized spacial score (nSPS) is 12.3. The maximum atomic E-state index is 11.7. The Labute approximate surface area is 102 Å². The highest BCUT2D eigenvalue weighted by atomic mass is 32.1. The van der Waals surface area contributed by atoms with Gasteiger partial charge in [0.1, 0.15) is 17.9 Å². The highest BCUT2D eigenvalue weighted by molar-refractivity contribution is 7.09. The minimum Gasteiger partial charge on any atom is -0.345 e. The lowest BCUT2D eigenvalue weighted by Crippen LogP contribution is -2.31. The van der Waals surface area contributed by atoms with Gasteiger partial charge in [-0.15, -0.1) is 16.4 Å². The third kappa shape index (κ3) is 3.06. The first-order valence-electron chi connectivity index (χ1n) is 5.19. The molecule has 17 heavy (non-hydrogen) atoms. The second-order valence-corrected chi connectivity index (χ2v) is 4.33. The molecule has 2 heterocycles. The Morgan fingerprint density at radius 2 is 2.53 bits per heavy atom. The van der Waals surface area contributed by atoms with E-state index in [0.29, 0.717) is 0 Å². The van der Waals surface area contributed by atoms with Gasteiger partial charge < -0.3 is 5.32 Å². The molecule has 0 unspecified atom stereocenters. The van der Waals surface area contributed by atoms with Crippen LogP contribution in [0, 0.1) is 0 Å². The molecule has 0 aromatic carbocycles. The van der Waals surface area contributed by atoms with Gasteiger partial charge in [0.2, 0.25) is 5.91 Å². The van der Waals surface area contributed by atoms with Crippen molar-refractivity contribution in [2.45, 2.75) is 25.9 Å². The quantitative estimate of drug-likeness (QED) is 0.832. The number of tetrazole rings is 1. The van der Waals surface area contributed by atoms with Crippen molar-refractivity contribution in [2.24, 2.45) is 0 Å². The number of hydrogen-bond acceptors (Lipinski definition) is 6. The lowest BCUT2D eigenvalue weighted by atomic mass is 10.2. The van der Waals surface area contributed by atoms with E-state index in [1.54, 1.807) is 6.20 Å². The highest BCUT2D eigenvalue weighted by Gasteiger charge is 2.15. The molecule has 1 atom stereocenters. The predicted octanol–water partition coefficient (Wildman–Crippen LogP) is 0.397. The van der Waals surface area contributed by atoms with Crippen LogP contribution in [0.15, 0.2) is 17.9 Å². The molecule has 2 rings (SSSR count). The number of amides is 1. The molecule has 0 radical (unpaired) electrons. The minimum atomic E-state index is -0.126. The third-order valence-electron chi connectivity index (χ3n) is 2.19. The maximum Gasteiger partial charge on any atom is 0.242 e. The molecule has 0 saturated carbocycles. The molecule has 90 valence electrons. The number of carbonyl (C=O) groups is 1. The van der Waals surface area contributed by atoms with Crippen molar-refractivity contribution in [1.82, 2.24) is 30.5 Å². The van der Waals surface area contributed by atoms with E-state index in [1.807, 2.05) is 12.3 Å². The maximum absolute atomic E-state index is 11.7. The molecule has 7 nitrogen and oxygen atoms in total. The number of aromatic nitrogens is 5. The fourth-order valence-electron chi connectivity index (χ4n) is 1.38. The van der Waals surface area contributed by atoms with Crippen molar-refractivity contribution >= 4 is 17.2 Å². The summed E-state index contributed by atoms with van der Waals surface area (Å²) in [6, 6.07) is -0.0426. The zero-order valence-corrected chi connectivity index (χ0v) is 10.1. The second kappa shape index (κ2) is 5.48. The number of carbonyl (C=O) groups excluding carboxylic acids is 1. The van der Waals surface area contributed by atoms with Crippen LogP contribution in [0.25, 0.3) is 0 Å². The summed E-state index contributed by atoms with van der Waals surface area (Å²) in [6.07, 6.45) is 3.94. The van der Waals surface area contributed by atoms with E-state index in [4.69, 9.17) is 0 Å². The summed E-state index contributed by atoms with van der Waals surface area (Å²) in [5.74, 6) is -0.126. The van der Waals surface area contributed by atoms with Crippen molar-refractivity contribution in [2.75, 3.05) is 0 Å². The Bertz CT molecular complexity index is 454. The molecule has 0 aliphatic rings. The van der Waals surface area contributed by atoms with E-state index in [9.17, 15) is 4.79 Å². The van der Waals surface area contributed by atoms with Gasteiger partial charge in [-0.3, -0.25) is 4.79 Å². The number of nitrogens with zero attached hydrogens (tertiary/aromatic N) is 5. The predicted molar refractivity (Wildman–Crippen MR) is 61.1 cm³/mol. The van der Waals surface area contributed by atoms with Crippen LogP contribution in [0.5, 0.6) is 0 Å². The molecule has 0 aliphatic heterocycles. The Morgan fingerprint density at radius 3 is 3.12 bits per heavy atom. The molecule has 1 N–H and O–H groups in total. The topological polar surface area (TPSA) is 85.6 Å². The van der Waals surface area contributed by atoms with Crippen LogP contribution < -0.4 is 5.32 Å². The second-order valence-electron chi connectivity index (χ2n) is 3.41. The first-order valence-corrected chi connectivity index (χ1v) is 6.07. The number of nitrogens with one attached hydrogen (secondary N) is 1. The Kier molecular flexibility index (Phi) is 3.76. The van der Waals surface area contributed by atoms with Crippen LogP contribution in [-0.4, -0.2) is 31.1 Å². The van der Waals surface area contributed by atoms with Gasteiger partial charge in [0.15, 0.2) is 0 Å². The van der Waals surface area contributed by atoms with Crippen molar-refractivity contribution in [3.8, 4) is 0 Å². The van der Waals surface area contributed by atoms with Crippen molar-refractivity contribution < 1.29 is 4.79 Å². The Balaban J connectivity index is 1.93. The van der Waals surface area contributed by atoms with Crippen molar-refractivity contribution in [1.29, 1.82) is 0 Å². The molecule has 0 spiro atoms. The SMILES string of the molecule is CC[C@H](NC(=O)Cn1cnnn1)c1nccs1. The van der Waals surface area contributed by atoms with Crippen LogP contribution in [-0.2, 0) is 11.3 Å². The molecule has 1 amide bonds. The van der Waals surface area contributed by atoms with E-state index in [2.05, 4.69) is 25.8 Å². The molecule has 8 heteroatoms. The first kappa shape index (κ1) is 11.6. The van der Waals surface area contributed by atoms with Gasteiger partial charge >= 0.3 is 0 Å². The van der Waals surface area contributed by atoms with Gasteiger partial charge in [0.05, 0.1) is 6.04 Å². The summed E-state index contributed by atoms with van der Waals surface area (Å²) in [4.78, 5) is 15.9. The summed E-state index contributed by atoms with van der Waals surface area (Å²) >= 11 is 1.53. The first-order chi connectivity index (χ1) is 8.29. The third-order valence-corrected chi connectivity index (χ3v) is 3.08. The van der Waals surface area contributed by atoms with E-state index in [-0.39, 0.29) is 18.5 Å². The number of rotatable bonds is 5. The van der Waals surface area contributed by atoms with Crippen molar-refractivity contribution in [3.05, 3.63) is 22.9 Å². The van der Waals surface area contributed by atoms with E-state index >= 15 is 0 Å². The average molecular weight is 252 g/mol. The lowest BCUT2D eigenvalue weighted by molar-refractivity contribution is -0.122. The smallest absolute Gasteiger partial charge is 0.242 e. The summed E-state index contributed by atoms with van der Waals surface area (Å²) in [5, 5.41) is 16.3. The van der Waals surface area contributed by atoms with Gasteiger partial charge in [-0.1, -0.05) is 6.92 Å². The lowest BCUT2D eigenvalue weighted by Gasteiger charge is -2.13. The Morgan fingerprint density at radius 1 is 1.65 bits per heavy atom. The minimum absolute atomic E-state index is 0.0426. The van der Waals surface area contributed by atoms with Crippen LogP contribution in [0.4, 0.5) is 0 Å².